The van der Waals surface area contributed by atoms with Crippen LogP contribution >= 0.6 is 23.2 Å². The summed E-state index contributed by atoms with van der Waals surface area (Å²) in [5.74, 6) is -1.23. The Bertz CT molecular complexity index is 1040. The Kier molecular flexibility index (Phi) is 5.85. The highest BCUT2D eigenvalue weighted by atomic mass is 35.5. The first-order chi connectivity index (χ1) is 13.5. The fraction of sp³-hybridized carbons (Fsp3) is 0.235. The maximum absolute atomic E-state index is 13.9. The molecule has 1 amide bonds. The molecule has 1 N–H and O–H groups in total. The first-order valence-electron chi connectivity index (χ1n) is 8.12. The lowest BCUT2D eigenvalue weighted by atomic mass is 10.2. The second kappa shape index (κ2) is 8.03. The Morgan fingerprint density at radius 3 is 2.55 bits per heavy atom. The Hall–Kier alpha value is -2.59. The van der Waals surface area contributed by atoms with Crippen molar-refractivity contribution in [3.05, 3.63) is 63.3 Å². The summed E-state index contributed by atoms with van der Waals surface area (Å²) in [6.07, 6.45) is -3.25. The van der Waals surface area contributed by atoms with Crippen LogP contribution in [0.25, 0.3) is 0 Å². The van der Waals surface area contributed by atoms with E-state index in [0.29, 0.717) is 0 Å². The molecule has 29 heavy (non-hydrogen) atoms. The van der Waals surface area contributed by atoms with Gasteiger partial charge in [-0.2, -0.15) is 23.4 Å². The van der Waals surface area contributed by atoms with E-state index in [0.717, 1.165) is 10.7 Å². The molecule has 3 aromatic rings. The van der Waals surface area contributed by atoms with E-state index >= 15 is 0 Å². The molecule has 2 heterocycles. The molecule has 0 saturated heterocycles. The van der Waals surface area contributed by atoms with Gasteiger partial charge >= 0.3 is 6.18 Å². The number of rotatable bonds is 5. The van der Waals surface area contributed by atoms with Gasteiger partial charge in [0, 0.05) is 22.5 Å². The number of alkyl halides is 3. The van der Waals surface area contributed by atoms with Crippen molar-refractivity contribution in [2.75, 3.05) is 5.32 Å². The number of nitrogens with one attached hydrogen (secondary N) is 1. The molecule has 0 atom stereocenters. The number of hydrogen-bond acceptors (Lipinski definition) is 3. The van der Waals surface area contributed by atoms with Crippen LogP contribution in [0.15, 0.2) is 30.5 Å². The average Bonchev–Trinajstić information content (AvgIpc) is 3.14. The minimum atomic E-state index is -4.61. The summed E-state index contributed by atoms with van der Waals surface area (Å²) in [5, 5.41) is 10.1. The number of aromatic nitrogens is 4. The molecule has 3 rings (SSSR count). The molecular weight excluding hydrogens is 437 g/mol. The van der Waals surface area contributed by atoms with E-state index in [-0.39, 0.29) is 33.7 Å². The topological polar surface area (TPSA) is 64.7 Å². The fourth-order valence-electron chi connectivity index (χ4n) is 2.52. The first-order valence-corrected chi connectivity index (χ1v) is 8.87. The van der Waals surface area contributed by atoms with Crippen LogP contribution in [0.3, 0.4) is 0 Å². The number of nitrogens with zero attached hydrogens (tertiary/aromatic N) is 4. The molecule has 154 valence electrons. The molecule has 0 fully saturated rings. The van der Waals surface area contributed by atoms with Crippen LogP contribution in [0.4, 0.5) is 23.4 Å². The summed E-state index contributed by atoms with van der Waals surface area (Å²) >= 11 is 12.0. The number of halogens is 6. The molecule has 2 aromatic heterocycles. The maximum Gasteiger partial charge on any atom is 0.435 e. The van der Waals surface area contributed by atoms with Crippen LogP contribution in [0.1, 0.15) is 17.0 Å². The second-order valence-corrected chi connectivity index (χ2v) is 6.91. The lowest BCUT2D eigenvalue weighted by Crippen LogP contribution is -2.21. The van der Waals surface area contributed by atoms with Gasteiger partial charge in [-0.1, -0.05) is 29.3 Å². The van der Waals surface area contributed by atoms with Crippen molar-refractivity contribution in [1.29, 1.82) is 0 Å². The van der Waals surface area contributed by atoms with Gasteiger partial charge in [0.1, 0.15) is 17.4 Å². The summed E-state index contributed by atoms with van der Waals surface area (Å²) in [6, 6.07) is 5.07. The van der Waals surface area contributed by atoms with Gasteiger partial charge in [0.15, 0.2) is 11.5 Å². The highest BCUT2D eigenvalue weighted by Gasteiger charge is 2.34. The first kappa shape index (κ1) is 21.1. The third kappa shape index (κ3) is 4.88. The molecule has 0 saturated carbocycles. The van der Waals surface area contributed by atoms with Gasteiger partial charge in [0.05, 0.1) is 6.54 Å². The summed E-state index contributed by atoms with van der Waals surface area (Å²) in [5.41, 5.74) is -0.733. The van der Waals surface area contributed by atoms with Crippen LogP contribution in [-0.4, -0.2) is 25.5 Å². The second-order valence-electron chi connectivity index (χ2n) is 6.10. The molecular formula is C17H13Cl2F4N5O. The van der Waals surface area contributed by atoms with Crippen LogP contribution in [0.5, 0.6) is 0 Å². The number of anilines is 1. The molecule has 0 aliphatic rings. The molecule has 0 spiro atoms. The summed E-state index contributed by atoms with van der Waals surface area (Å²) in [4.78, 5) is 12.2. The molecule has 6 nitrogen and oxygen atoms in total. The number of carbonyl (C=O) groups is 1. The summed E-state index contributed by atoms with van der Waals surface area (Å²) in [7, 11) is 0. The monoisotopic (exact) mass is 449 g/mol. The van der Waals surface area contributed by atoms with Crippen LogP contribution in [-0.2, 0) is 24.1 Å². The van der Waals surface area contributed by atoms with Crippen molar-refractivity contribution in [3.63, 3.8) is 0 Å². The van der Waals surface area contributed by atoms with Gasteiger partial charge in [-0.05, 0) is 25.1 Å². The van der Waals surface area contributed by atoms with Gasteiger partial charge in [-0.25, -0.2) is 4.39 Å². The van der Waals surface area contributed by atoms with E-state index in [9.17, 15) is 22.4 Å². The maximum atomic E-state index is 13.9. The van der Waals surface area contributed by atoms with Crippen molar-refractivity contribution in [3.8, 4) is 0 Å². The number of aryl methyl sites for hydroxylation is 1. The van der Waals surface area contributed by atoms with Crippen molar-refractivity contribution >= 4 is 34.9 Å². The normalized spacial score (nSPS) is 11.7. The Morgan fingerprint density at radius 2 is 1.93 bits per heavy atom. The average molecular weight is 450 g/mol. The number of carbonyl (C=O) groups excluding carboxylic acids is 1. The third-order valence-electron chi connectivity index (χ3n) is 3.92. The number of hydrogen-bond donors (Lipinski definition) is 1. The van der Waals surface area contributed by atoms with Crippen molar-refractivity contribution < 1.29 is 22.4 Å². The van der Waals surface area contributed by atoms with E-state index in [1.54, 1.807) is 0 Å². The van der Waals surface area contributed by atoms with Crippen molar-refractivity contribution in [1.82, 2.24) is 19.6 Å². The fourth-order valence-corrected chi connectivity index (χ4v) is 2.94. The van der Waals surface area contributed by atoms with E-state index in [1.165, 1.54) is 36.0 Å². The van der Waals surface area contributed by atoms with Crippen LogP contribution in [0, 0.1) is 12.7 Å². The smallest absolute Gasteiger partial charge is 0.306 e. The molecule has 0 unspecified atom stereocenters. The Morgan fingerprint density at radius 1 is 1.21 bits per heavy atom. The lowest BCUT2D eigenvalue weighted by molar-refractivity contribution is -0.141. The highest BCUT2D eigenvalue weighted by Crippen LogP contribution is 2.28. The number of benzene rings is 1. The predicted molar refractivity (Wildman–Crippen MR) is 98.3 cm³/mol. The predicted octanol–water partition coefficient (Wildman–Crippen LogP) is 4.54. The van der Waals surface area contributed by atoms with Gasteiger partial charge in [-0.15, -0.1) is 0 Å². The van der Waals surface area contributed by atoms with Gasteiger partial charge < -0.3 is 5.32 Å². The van der Waals surface area contributed by atoms with E-state index < -0.39 is 30.1 Å². The zero-order chi connectivity index (χ0) is 21.3. The zero-order valence-electron chi connectivity index (χ0n) is 14.8. The SMILES string of the molecule is Cc1cc(C(F)(F)F)nn1CC(=O)Nc1nn(Cc2c(F)cccc2Cl)cc1Cl. The number of amides is 1. The van der Waals surface area contributed by atoms with Gasteiger partial charge in [-0.3, -0.25) is 14.2 Å². The molecule has 0 aliphatic carbocycles. The van der Waals surface area contributed by atoms with Crippen LogP contribution < -0.4 is 5.32 Å². The van der Waals surface area contributed by atoms with Crippen molar-refractivity contribution in [2.24, 2.45) is 0 Å². The lowest BCUT2D eigenvalue weighted by Gasteiger charge is -2.06. The highest BCUT2D eigenvalue weighted by molar-refractivity contribution is 6.33. The third-order valence-corrected chi connectivity index (χ3v) is 4.55. The quantitative estimate of drug-likeness (QED) is 0.581. The van der Waals surface area contributed by atoms with Gasteiger partial charge in [0.2, 0.25) is 5.91 Å². The molecule has 0 radical (unpaired) electrons. The summed E-state index contributed by atoms with van der Waals surface area (Å²) in [6.45, 7) is 0.897. The van der Waals surface area contributed by atoms with E-state index in [4.69, 9.17) is 23.2 Å². The van der Waals surface area contributed by atoms with Gasteiger partial charge in [0.25, 0.3) is 0 Å². The Labute approximate surface area is 172 Å². The zero-order valence-corrected chi connectivity index (χ0v) is 16.3. The van der Waals surface area contributed by atoms with Crippen LogP contribution in [0.2, 0.25) is 10.0 Å². The summed E-state index contributed by atoms with van der Waals surface area (Å²) < 4.78 is 54.2. The minimum absolute atomic E-state index is 0.0232. The standard InChI is InChI=1S/C17H13Cl2F4N5O/c1-9-5-14(17(21,22)23)25-28(9)8-15(29)24-16-12(19)7-27(26-16)6-10-11(18)3-2-4-13(10)20/h2-5,7H,6,8H2,1H3,(H,24,26,29). The minimum Gasteiger partial charge on any atom is -0.306 e. The molecule has 1 aromatic carbocycles. The van der Waals surface area contributed by atoms with E-state index in [2.05, 4.69) is 15.5 Å². The van der Waals surface area contributed by atoms with Crippen molar-refractivity contribution in [2.45, 2.75) is 26.2 Å². The Balaban J connectivity index is 1.71. The molecule has 0 bridgehead atoms. The van der Waals surface area contributed by atoms with E-state index in [1.807, 2.05) is 0 Å². The largest absolute Gasteiger partial charge is 0.435 e. The molecule has 0 aliphatic heterocycles. The molecule has 12 heteroatoms.